The van der Waals surface area contributed by atoms with Gasteiger partial charge in [0.1, 0.15) is 6.26 Å². The smallest absolute Gasteiger partial charge is 0.314 e. The van der Waals surface area contributed by atoms with Gasteiger partial charge in [0.2, 0.25) is 0 Å². The molecule has 0 aromatic carbocycles. The maximum Gasteiger partial charge on any atom is 0.314 e. The number of carbonyl (C=O) groups excluding carboxylic acids is 2. The molecule has 2 fully saturated rings. The number of hydrogen-bond donors (Lipinski definition) is 2. The highest BCUT2D eigenvalue weighted by atomic mass is 32.2. The van der Waals surface area contributed by atoms with Crippen molar-refractivity contribution in [3.05, 3.63) is 12.3 Å². The molecule has 23 heavy (non-hydrogen) atoms. The Morgan fingerprint density at radius 2 is 2.13 bits per heavy atom. The van der Waals surface area contributed by atoms with E-state index in [2.05, 4.69) is 25.2 Å². The number of thioether (sulfide) groups is 1. The molecule has 2 N–H and O–H groups in total. The topological polar surface area (TPSA) is 87.5 Å². The monoisotopic (exact) mass is 338 g/mol. The number of nitrogens with zero attached hydrogens (tertiary/aromatic N) is 2. The van der Waals surface area contributed by atoms with Gasteiger partial charge in [-0.1, -0.05) is 5.16 Å². The molecular formula is C15H22N4O3S. The Hall–Kier alpha value is -1.54. The van der Waals surface area contributed by atoms with Crippen LogP contribution >= 0.6 is 11.8 Å². The van der Waals surface area contributed by atoms with Gasteiger partial charge >= 0.3 is 11.8 Å². The fourth-order valence-electron chi connectivity index (χ4n) is 3.10. The van der Waals surface area contributed by atoms with Gasteiger partial charge < -0.3 is 9.84 Å². The number of aromatic nitrogens is 1. The molecule has 1 aromatic rings. The summed E-state index contributed by atoms with van der Waals surface area (Å²) in [5.74, 6) is 1.89. The van der Waals surface area contributed by atoms with Crippen LogP contribution in [0.2, 0.25) is 0 Å². The van der Waals surface area contributed by atoms with E-state index in [9.17, 15) is 9.59 Å². The summed E-state index contributed by atoms with van der Waals surface area (Å²) >= 11 is 2.04. The summed E-state index contributed by atoms with van der Waals surface area (Å²) < 4.78 is 4.60. The van der Waals surface area contributed by atoms with Crippen LogP contribution in [-0.2, 0) is 9.59 Å². The summed E-state index contributed by atoms with van der Waals surface area (Å²) in [6, 6.07) is 2.23. The number of rotatable bonds is 4. The molecule has 1 atom stereocenters. The van der Waals surface area contributed by atoms with Crippen LogP contribution in [0.3, 0.4) is 0 Å². The molecule has 2 aliphatic rings. The third-order valence-electron chi connectivity index (χ3n) is 4.51. The molecule has 1 aromatic heterocycles. The lowest BCUT2D eigenvalue weighted by molar-refractivity contribution is -0.136. The minimum Gasteiger partial charge on any atom is -0.363 e. The zero-order chi connectivity index (χ0) is 16.1. The number of likely N-dealkylation sites (tertiary alicyclic amines) is 1. The van der Waals surface area contributed by atoms with Crippen molar-refractivity contribution in [3.8, 4) is 0 Å². The van der Waals surface area contributed by atoms with Crippen LogP contribution in [0.25, 0.3) is 0 Å². The fraction of sp³-hybridized carbons (Fsp3) is 0.667. The van der Waals surface area contributed by atoms with Gasteiger partial charge in [0, 0.05) is 24.4 Å². The van der Waals surface area contributed by atoms with Crippen LogP contribution in [0.15, 0.2) is 16.9 Å². The van der Waals surface area contributed by atoms with Crippen molar-refractivity contribution in [2.75, 3.05) is 36.5 Å². The molecule has 2 saturated heterocycles. The summed E-state index contributed by atoms with van der Waals surface area (Å²) in [5.41, 5.74) is 0. The minimum absolute atomic E-state index is 0.243. The Morgan fingerprint density at radius 3 is 2.78 bits per heavy atom. The molecule has 0 spiro atoms. The molecule has 126 valence electrons. The summed E-state index contributed by atoms with van der Waals surface area (Å²) in [5, 5.41) is 8.64. The van der Waals surface area contributed by atoms with Crippen molar-refractivity contribution >= 4 is 29.4 Å². The number of nitrogens with one attached hydrogen (secondary N) is 2. The second-order valence-electron chi connectivity index (χ2n) is 6.05. The Bertz CT molecular complexity index is 523. The molecule has 8 heteroatoms. The number of anilines is 1. The lowest BCUT2D eigenvalue weighted by atomic mass is 9.95. The van der Waals surface area contributed by atoms with E-state index in [1.54, 1.807) is 0 Å². The minimum atomic E-state index is -0.709. The van der Waals surface area contributed by atoms with Gasteiger partial charge in [0.05, 0.1) is 0 Å². The van der Waals surface area contributed by atoms with Crippen molar-refractivity contribution < 1.29 is 14.1 Å². The second-order valence-corrected chi connectivity index (χ2v) is 7.20. The first-order valence-electron chi connectivity index (χ1n) is 8.03. The number of amides is 2. The van der Waals surface area contributed by atoms with Crippen molar-refractivity contribution in [1.29, 1.82) is 0 Å². The van der Waals surface area contributed by atoms with Crippen molar-refractivity contribution in [3.63, 3.8) is 0 Å². The van der Waals surface area contributed by atoms with Gasteiger partial charge in [-0.25, -0.2) is 0 Å². The predicted molar refractivity (Wildman–Crippen MR) is 88.2 cm³/mol. The first-order chi connectivity index (χ1) is 11.2. The zero-order valence-electron chi connectivity index (χ0n) is 13.0. The van der Waals surface area contributed by atoms with Crippen LogP contribution < -0.4 is 10.6 Å². The average Bonchev–Trinajstić information content (AvgIpc) is 3.26. The quantitative estimate of drug-likeness (QED) is 0.795. The molecule has 0 aliphatic carbocycles. The number of carbonyl (C=O) groups is 2. The van der Waals surface area contributed by atoms with Gasteiger partial charge in [0.25, 0.3) is 0 Å². The SMILES string of the molecule is O=C(NCC1CCN([C@@H]2CCSC2)CC1)C(=O)Nc1ccon1. The van der Waals surface area contributed by atoms with E-state index in [4.69, 9.17) is 0 Å². The molecule has 0 radical (unpaired) electrons. The summed E-state index contributed by atoms with van der Waals surface area (Å²) in [6.07, 6.45) is 4.79. The maximum atomic E-state index is 11.8. The van der Waals surface area contributed by atoms with Crippen LogP contribution in [0.4, 0.5) is 5.82 Å². The highest BCUT2D eigenvalue weighted by Crippen LogP contribution is 2.26. The first kappa shape index (κ1) is 16.3. The van der Waals surface area contributed by atoms with Crippen molar-refractivity contribution in [2.24, 2.45) is 5.92 Å². The molecule has 0 bridgehead atoms. The molecule has 0 unspecified atom stereocenters. The van der Waals surface area contributed by atoms with Gasteiger partial charge in [0.15, 0.2) is 5.82 Å². The van der Waals surface area contributed by atoms with E-state index in [1.807, 2.05) is 11.8 Å². The van der Waals surface area contributed by atoms with E-state index in [1.165, 1.54) is 30.3 Å². The van der Waals surface area contributed by atoms with E-state index < -0.39 is 11.8 Å². The molecular weight excluding hydrogens is 316 g/mol. The molecule has 7 nitrogen and oxygen atoms in total. The Balaban J connectivity index is 1.35. The average molecular weight is 338 g/mol. The molecule has 2 amide bonds. The fourth-order valence-corrected chi connectivity index (χ4v) is 4.35. The molecule has 3 rings (SSSR count). The van der Waals surface area contributed by atoms with E-state index in [0.717, 1.165) is 32.0 Å². The largest absolute Gasteiger partial charge is 0.363 e. The van der Waals surface area contributed by atoms with E-state index >= 15 is 0 Å². The molecule has 3 heterocycles. The van der Waals surface area contributed by atoms with Gasteiger partial charge in [-0.05, 0) is 44.0 Å². The van der Waals surface area contributed by atoms with Crippen LogP contribution in [0.1, 0.15) is 19.3 Å². The summed E-state index contributed by atoms with van der Waals surface area (Å²) in [6.45, 7) is 2.74. The highest BCUT2D eigenvalue weighted by molar-refractivity contribution is 7.99. The summed E-state index contributed by atoms with van der Waals surface area (Å²) in [4.78, 5) is 26.1. The van der Waals surface area contributed by atoms with Gasteiger partial charge in [-0.2, -0.15) is 11.8 Å². The Kier molecular flexibility index (Phi) is 5.56. The lowest BCUT2D eigenvalue weighted by Crippen LogP contribution is -2.45. The van der Waals surface area contributed by atoms with E-state index in [-0.39, 0.29) is 5.82 Å². The first-order valence-corrected chi connectivity index (χ1v) is 9.19. The zero-order valence-corrected chi connectivity index (χ0v) is 13.8. The third kappa shape index (κ3) is 4.48. The van der Waals surface area contributed by atoms with Gasteiger partial charge in [-0.3, -0.25) is 19.8 Å². The van der Waals surface area contributed by atoms with Gasteiger partial charge in [-0.15, -0.1) is 0 Å². The van der Waals surface area contributed by atoms with Crippen LogP contribution in [-0.4, -0.2) is 59.1 Å². The number of piperidine rings is 1. The van der Waals surface area contributed by atoms with Crippen LogP contribution in [0, 0.1) is 5.92 Å². The Morgan fingerprint density at radius 1 is 1.30 bits per heavy atom. The normalized spacial score (nSPS) is 22.9. The second kappa shape index (κ2) is 7.83. The predicted octanol–water partition coefficient (Wildman–Crippen LogP) is 0.947. The van der Waals surface area contributed by atoms with E-state index in [0.29, 0.717) is 12.5 Å². The van der Waals surface area contributed by atoms with Crippen molar-refractivity contribution in [1.82, 2.24) is 15.4 Å². The third-order valence-corrected chi connectivity index (χ3v) is 5.65. The maximum absolute atomic E-state index is 11.8. The Labute approximate surface area is 139 Å². The number of hydrogen-bond acceptors (Lipinski definition) is 6. The standard InChI is InChI=1S/C15H22N4O3S/c20-14(15(21)17-13-3-7-22-18-13)16-9-11-1-5-19(6-2-11)12-4-8-23-10-12/h3,7,11-12H,1-2,4-6,8-10H2,(H,16,20)(H,17,18,21)/t12-/m1/s1. The molecule has 2 aliphatic heterocycles. The van der Waals surface area contributed by atoms with Crippen LogP contribution in [0.5, 0.6) is 0 Å². The summed E-state index contributed by atoms with van der Waals surface area (Å²) in [7, 11) is 0. The molecule has 0 saturated carbocycles. The highest BCUT2D eigenvalue weighted by Gasteiger charge is 2.27. The lowest BCUT2D eigenvalue weighted by Gasteiger charge is -2.35. The van der Waals surface area contributed by atoms with Crippen molar-refractivity contribution in [2.45, 2.75) is 25.3 Å².